The molecule has 0 saturated carbocycles. The van der Waals surface area contributed by atoms with Crippen molar-refractivity contribution in [3.8, 4) is 0 Å². The van der Waals surface area contributed by atoms with E-state index >= 15 is 0 Å². The van der Waals surface area contributed by atoms with Gasteiger partial charge in [-0.25, -0.2) is 8.42 Å². The Kier molecular flexibility index (Phi) is 6.22. The zero-order chi connectivity index (χ0) is 24.1. The van der Waals surface area contributed by atoms with E-state index in [1.165, 1.54) is 4.31 Å². The number of likely N-dealkylation sites (tertiary alicyclic amines) is 1. The third kappa shape index (κ3) is 4.01. The molecule has 4 rings (SSSR count). The predicted molar refractivity (Wildman–Crippen MR) is 123 cm³/mol. The molecule has 2 fully saturated rings. The molecular weight excluding hydrogens is 442 g/mol. The monoisotopic (exact) mass is 473 g/mol. The molecule has 0 radical (unpaired) electrons. The first-order valence-electron chi connectivity index (χ1n) is 11.4. The lowest BCUT2D eigenvalue weighted by Gasteiger charge is -2.37. The van der Waals surface area contributed by atoms with Gasteiger partial charge < -0.3 is 4.90 Å². The number of piperazine rings is 1. The molecular formula is C24H31N3O5S. The average Bonchev–Trinajstić information content (AvgIpc) is 3.02. The summed E-state index contributed by atoms with van der Waals surface area (Å²) in [5, 5.41) is 0. The topological polar surface area (TPSA) is 95.1 Å². The van der Waals surface area contributed by atoms with Gasteiger partial charge in [-0.05, 0) is 51.7 Å². The molecule has 33 heavy (non-hydrogen) atoms. The molecule has 1 aromatic rings. The number of benzene rings is 1. The van der Waals surface area contributed by atoms with Gasteiger partial charge in [0, 0.05) is 26.2 Å². The number of amides is 3. The van der Waals surface area contributed by atoms with Crippen molar-refractivity contribution in [3.63, 3.8) is 0 Å². The molecule has 3 amide bonds. The fourth-order valence-electron chi connectivity index (χ4n) is 5.43. The van der Waals surface area contributed by atoms with Crippen molar-refractivity contribution < 1.29 is 22.8 Å². The van der Waals surface area contributed by atoms with Crippen LogP contribution in [0.3, 0.4) is 0 Å². The number of hydrogen-bond donors (Lipinski definition) is 0. The van der Waals surface area contributed by atoms with Crippen LogP contribution in [0.25, 0.3) is 0 Å². The average molecular weight is 474 g/mol. The van der Waals surface area contributed by atoms with E-state index in [4.69, 9.17) is 0 Å². The van der Waals surface area contributed by atoms with Crippen molar-refractivity contribution >= 4 is 27.7 Å². The van der Waals surface area contributed by atoms with Gasteiger partial charge in [0.25, 0.3) is 0 Å². The van der Waals surface area contributed by atoms with Crippen molar-refractivity contribution in [3.05, 3.63) is 41.0 Å². The molecule has 0 spiro atoms. The molecule has 3 aliphatic rings. The van der Waals surface area contributed by atoms with Crippen LogP contribution in [0.15, 0.2) is 29.2 Å². The minimum absolute atomic E-state index is 0.171. The maximum atomic E-state index is 13.3. The Hall–Kier alpha value is -2.52. The lowest BCUT2D eigenvalue weighted by molar-refractivity contribution is -0.151. The van der Waals surface area contributed by atoms with E-state index in [0.717, 1.165) is 10.5 Å². The number of imide groups is 1. The summed E-state index contributed by atoms with van der Waals surface area (Å²) >= 11 is 0. The first-order valence-corrected chi connectivity index (χ1v) is 12.9. The van der Waals surface area contributed by atoms with Crippen molar-refractivity contribution in [1.29, 1.82) is 0 Å². The van der Waals surface area contributed by atoms with E-state index < -0.39 is 16.1 Å². The van der Waals surface area contributed by atoms with Gasteiger partial charge in [0.2, 0.25) is 27.7 Å². The van der Waals surface area contributed by atoms with E-state index in [9.17, 15) is 22.8 Å². The van der Waals surface area contributed by atoms with E-state index in [0.29, 0.717) is 28.9 Å². The van der Waals surface area contributed by atoms with Gasteiger partial charge in [0.1, 0.15) is 6.04 Å². The second-order valence-corrected chi connectivity index (χ2v) is 11.2. The van der Waals surface area contributed by atoms with Crippen molar-refractivity contribution in [1.82, 2.24) is 14.1 Å². The van der Waals surface area contributed by atoms with E-state index in [-0.39, 0.29) is 55.7 Å². The van der Waals surface area contributed by atoms with E-state index in [2.05, 4.69) is 0 Å². The lowest BCUT2D eigenvalue weighted by atomic mass is 9.85. The van der Waals surface area contributed by atoms with E-state index in [1.807, 2.05) is 31.2 Å². The van der Waals surface area contributed by atoms with Gasteiger partial charge in [-0.3, -0.25) is 19.3 Å². The Balaban J connectivity index is 1.44. The van der Waals surface area contributed by atoms with Crippen molar-refractivity contribution in [2.75, 3.05) is 26.2 Å². The van der Waals surface area contributed by atoms with Crippen LogP contribution in [-0.2, 0) is 24.4 Å². The highest BCUT2D eigenvalue weighted by atomic mass is 32.2. The molecule has 3 atom stereocenters. The fraction of sp³-hybridized carbons (Fsp3) is 0.542. The van der Waals surface area contributed by atoms with Crippen LogP contribution in [0.1, 0.15) is 36.5 Å². The van der Waals surface area contributed by atoms with Crippen molar-refractivity contribution in [2.24, 2.45) is 11.8 Å². The quantitative estimate of drug-likeness (QED) is 0.491. The van der Waals surface area contributed by atoms with Crippen LogP contribution in [0.4, 0.5) is 0 Å². The van der Waals surface area contributed by atoms with Crippen LogP contribution in [0, 0.1) is 32.6 Å². The summed E-state index contributed by atoms with van der Waals surface area (Å²) in [4.78, 5) is 41.8. The van der Waals surface area contributed by atoms with Crippen LogP contribution in [0.2, 0.25) is 0 Å². The van der Waals surface area contributed by atoms with Gasteiger partial charge in [0.15, 0.2) is 0 Å². The van der Waals surface area contributed by atoms with Gasteiger partial charge in [-0.1, -0.05) is 29.8 Å². The summed E-state index contributed by atoms with van der Waals surface area (Å²) < 4.78 is 28.0. The first kappa shape index (κ1) is 23.6. The van der Waals surface area contributed by atoms with Gasteiger partial charge in [-0.15, -0.1) is 0 Å². The largest absolute Gasteiger partial charge is 0.338 e. The summed E-state index contributed by atoms with van der Waals surface area (Å²) in [6.07, 6.45) is 4.89. The number of carbonyl (C=O) groups is 3. The zero-order valence-electron chi connectivity index (χ0n) is 19.6. The zero-order valence-corrected chi connectivity index (χ0v) is 20.4. The Morgan fingerprint density at radius 2 is 1.39 bits per heavy atom. The second kappa shape index (κ2) is 8.68. The number of hydrogen-bond acceptors (Lipinski definition) is 5. The smallest absolute Gasteiger partial charge is 0.245 e. The fourth-order valence-corrected chi connectivity index (χ4v) is 7.27. The van der Waals surface area contributed by atoms with Gasteiger partial charge in [-0.2, -0.15) is 4.31 Å². The molecule has 1 aliphatic carbocycles. The maximum Gasteiger partial charge on any atom is 0.245 e. The van der Waals surface area contributed by atoms with Crippen molar-refractivity contribution in [2.45, 2.75) is 51.5 Å². The van der Waals surface area contributed by atoms with Crippen LogP contribution in [-0.4, -0.2) is 72.5 Å². The standard InChI is InChI=1S/C24H31N3O5S/c1-15-13-16(2)21(17(3)14-15)33(31,32)26-11-9-25(10-12-26)22(28)18(4)27-23(29)19-7-5-6-8-20(19)24(27)30/h5-6,13-14,18-20H,7-12H2,1-4H3/t18-,19?,20?/m0/s1. The molecule has 1 aromatic carbocycles. The molecule has 2 heterocycles. The molecule has 0 aromatic heterocycles. The minimum atomic E-state index is -3.69. The van der Waals surface area contributed by atoms with Crippen LogP contribution < -0.4 is 0 Å². The Morgan fingerprint density at radius 1 is 0.909 bits per heavy atom. The Morgan fingerprint density at radius 3 is 1.88 bits per heavy atom. The lowest BCUT2D eigenvalue weighted by Crippen LogP contribution is -2.56. The van der Waals surface area contributed by atoms with E-state index in [1.54, 1.807) is 25.7 Å². The SMILES string of the molecule is Cc1cc(C)c(S(=O)(=O)N2CCN(C(=O)[C@H](C)N3C(=O)C4CC=CCC4C3=O)CC2)c(C)c1. The number of carbonyl (C=O) groups excluding carboxylic acids is 3. The highest BCUT2D eigenvalue weighted by molar-refractivity contribution is 7.89. The first-order chi connectivity index (χ1) is 15.5. The highest BCUT2D eigenvalue weighted by Gasteiger charge is 2.50. The maximum absolute atomic E-state index is 13.3. The van der Waals surface area contributed by atoms with Gasteiger partial charge >= 0.3 is 0 Å². The third-order valence-corrected chi connectivity index (χ3v) is 9.24. The van der Waals surface area contributed by atoms with Crippen LogP contribution >= 0.6 is 0 Å². The predicted octanol–water partition coefficient (Wildman–Crippen LogP) is 1.78. The molecule has 0 bridgehead atoms. The number of fused-ring (bicyclic) bond motifs is 1. The summed E-state index contributed by atoms with van der Waals surface area (Å²) in [5.41, 5.74) is 2.43. The number of nitrogens with zero attached hydrogens (tertiary/aromatic N) is 3. The number of rotatable bonds is 4. The molecule has 178 valence electrons. The molecule has 2 unspecified atom stereocenters. The highest BCUT2D eigenvalue weighted by Crippen LogP contribution is 2.36. The third-order valence-electron chi connectivity index (χ3n) is 7.04. The number of aryl methyl sites for hydroxylation is 3. The normalized spacial score (nSPS) is 24.8. The molecule has 8 nitrogen and oxygen atoms in total. The second-order valence-electron chi connectivity index (χ2n) is 9.34. The number of allylic oxidation sites excluding steroid dienone is 2. The number of sulfonamides is 1. The Bertz CT molecular complexity index is 1090. The summed E-state index contributed by atoms with van der Waals surface area (Å²) in [5.74, 6) is -1.62. The molecule has 9 heteroatoms. The summed E-state index contributed by atoms with van der Waals surface area (Å²) in [6, 6.07) is 2.83. The molecule has 2 saturated heterocycles. The van der Waals surface area contributed by atoms with Gasteiger partial charge in [0.05, 0.1) is 16.7 Å². The Labute approximate surface area is 195 Å². The van der Waals surface area contributed by atoms with Crippen LogP contribution in [0.5, 0.6) is 0 Å². The minimum Gasteiger partial charge on any atom is -0.338 e. The summed E-state index contributed by atoms with van der Waals surface area (Å²) in [6.45, 7) is 7.90. The molecule has 2 aliphatic heterocycles. The summed E-state index contributed by atoms with van der Waals surface area (Å²) in [7, 11) is -3.69. The molecule has 0 N–H and O–H groups in total.